The Morgan fingerprint density at radius 1 is 0.269 bits per heavy atom. The Bertz CT molecular complexity index is 2630. The molecule has 2 nitrogen and oxygen atoms in total. The van der Waals surface area contributed by atoms with Crippen LogP contribution in [0, 0.1) is 0 Å². The molecule has 0 fully saturated rings. The second kappa shape index (κ2) is 12.5. The van der Waals surface area contributed by atoms with Gasteiger partial charge in [0, 0.05) is 32.9 Å². The van der Waals surface area contributed by atoms with Crippen LogP contribution >= 0.6 is 0 Å². The molecule has 0 aliphatic rings. The van der Waals surface area contributed by atoms with E-state index in [1.165, 1.54) is 88.4 Å². The molecule has 0 atom stereocenters. The summed E-state index contributed by atoms with van der Waals surface area (Å²) in [6.07, 6.45) is 4.38. The normalized spacial score (nSPS) is 11.8. The number of rotatable bonds is 6. The summed E-state index contributed by atoms with van der Waals surface area (Å²) in [7, 11) is 0. The fourth-order valence-corrected chi connectivity index (χ4v) is 7.82. The van der Waals surface area contributed by atoms with Gasteiger partial charge in [0.1, 0.15) is 0 Å². The summed E-state index contributed by atoms with van der Waals surface area (Å²) in [5.74, 6) is 0. The first-order chi connectivity index (χ1) is 25.8. The summed E-state index contributed by atoms with van der Waals surface area (Å²) in [6.45, 7) is 0. The highest BCUT2D eigenvalue weighted by Gasteiger charge is 2.13. The molecule has 2 heterocycles. The number of para-hydroxylation sites is 4. The van der Waals surface area contributed by atoms with Gasteiger partial charge in [-0.3, -0.25) is 0 Å². The molecule has 52 heavy (non-hydrogen) atoms. The van der Waals surface area contributed by atoms with Gasteiger partial charge in [-0.2, -0.15) is 0 Å². The summed E-state index contributed by atoms with van der Waals surface area (Å²) in [5.41, 5.74) is 14.4. The van der Waals surface area contributed by atoms with Crippen molar-refractivity contribution < 1.29 is 0 Å². The van der Waals surface area contributed by atoms with Crippen molar-refractivity contribution in [1.29, 1.82) is 0 Å². The van der Waals surface area contributed by atoms with Gasteiger partial charge in [0.15, 0.2) is 0 Å². The molecule has 10 aromatic rings. The van der Waals surface area contributed by atoms with Gasteiger partial charge in [-0.1, -0.05) is 158 Å². The zero-order valence-electron chi connectivity index (χ0n) is 28.5. The molecule has 0 saturated heterocycles. The standard InChI is InChI=1S/C50H34N2/c1-5-19-47-43(15-1)44-16-2-6-20-48(44)51(47)41-13-9-11-39(33-41)37-29-25-35(26-30-37)23-24-36-27-31-38(32-28-36)40-12-10-14-42(34-40)52-49-21-7-3-17-45(49)46-18-4-8-22-50(46)52/h1-34H/b24-23+. The molecule has 2 heteroatoms. The van der Waals surface area contributed by atoms with E-state index in [0.29, 0.717) is 0 Å². The van der Waals surface area contributed by atoms with Gasteiger partial charge in [0.2, 0.25) is 0 Å². The predicted octanol–water partition coefficient (Wildman–Crippen LogP) is 13.4. The van der Waals surface area contributed by atoms with E-state index in [1.54, 1.807) is 0 Å². The molecule has 2 aromatic heterocycles. The molecule has 244 valence electrons. The average molecular weight is 663 g/mol. The van der Waals surface area contributed by atoms with Gasteiger partial charge in [-0.25, -0.2) is 0 Å². The summed E-state index contributed by atoms with van der Waals surface area (Å²) >= 11 is 0. The van der Waals surface area contributed by atoms with Crippen LogP contribution in [0.15, 0.2) is 194 Å². The monoisotopic (exact) mass is 662 g/mol. The maximum Gasteiger partial charge on any atom is 0.0541 e. The van der Waals surface area contributed by atoms with Crippen LogP contribution in [0.1, 0.15) is 11.1 Å². The van der Waals surface area contributed by atoms with E-state index in [9.17, 15) is 0 Å². The molecule has 0 spiro atoms. The summed E-state index contributed by atoms with van der Waals surface area (Å²) in [4.78, 5) is 0. The quantitative estimate of drug-likeness (QED) is 0.157. The maximum atomic E-state index is 2.37. The van der Waals surface area contributed by atoms with E-state index in [-0.39, 0.29) is 0 Å². The van der Waals surface area contributed by atoms with Gasteiger partial charge in [0.05, 0.1) is 22.1 Å². The van der Waals surface area contributed by atoms with Crippen molar-refractivity contribution in [2.45, 2.75) is 0 Å². The molecule has 0 unspecified atom stereocenters. The van der Waals surface area contributed by atoms with Crippen LogP contribution in [0.3, 0.4) is 0 Å². The van der Waals surface area contributed by atoms with Gasteiger partial charge in [-0.15, -0.1) is 0 Å². The van der Waals surface area contributed by atoms with Crippen molar-refractivity contribution >= 4 is 55.8 Å². The van der Waals surface area contributed by atoms with E-state index in [2.05, 4.69) is 215 Å². The van der Waals surface area contributed by atoms with Crippen LogP contribution in [0.2, 0.25) is 0 Å². The average Bonchev–Trinajstić information content (AvgIpc) is 3.74. The maximum absolute atomic E-state index is 2.37. The van der Waals surface area contributed by atoms with Crippen molar-refractivity contribution in [2.24, 2.45) is 0 Å². The highest BCUT2D eigenvalue weighted by atomic mass is 15.0. The highest BCUT2D eigenvalue weighted by molar-refractivity contribution is 6.10. The van der Waals surface area contributed by atoms with Crippen LogP contribution < -0.4 is 0 Å². The fourth-order valence-electron chi connectivity index (χ4n) is 7.82. The van der Waals surface area contributed by atoms with Gasteiger partial charge < -0.3 is 9.13 Å². The zero-order chi connectivity index (χ0) is 34.4. The number of nitrogens with zero attached hydrogens (tertiary/aromatic N) is 2. The Hall–Kier alpha value is -6.90. The third-order valence-corrected chi connectivity index (χ3v) is 10.3. The number of aromatic nitrogens is 2. The first-order valence-corrected chi connectivity index (χ1v) is 17.8. The minimum atomic E-state index is 1.17. The van der Waals surface area contributed by atoms with Crippen molar-refractivity contribution in [2.75, 3.05) is 0 Å². The molecule has 0 radical (unpaired) electrons. The third-order valence-electron chi connectivity index (χ3n) is 10.3. The fraction of sp³-hybridized carbons (Fsp3) is 0. The molecular formula is C50H34N2. The second-order valence-electron chi connectivity index (χ2n) is 13.4. The minimum Gasteiger partial charge on any atom is -0.309 e. The van der Waals surface area contributed by atoms with Crippen LogP contribution in [0.25, 0.3) is 89.4 Å². The zero-order valence-corrected chi connectivity index (χ0v) is 28.5. The predicted molar refractivity (Wildman–Crippen MR) is 221 cm³/mol. The first-order valence-electron chi connectivity index (χ1n) is 17.8. The van der Waals surface area contributed by atoms with E-state index in [4.69, 9.17) is 0 Å². The summed E-state index contributed by atoms with van der Waals surface area (Å²) in [5, 5.41) is 5.11. The lowest BCUT2D eigenvalue weighted by atomic mass is 10.0. The molecule has 0 aliphatic heterocycles. The lowest BCUT2D eigenvalue weighted by Gasteiger charge is -2.11. The minimum absolute atomic E-state index is 1.17. The Kier molecular flexibility index (Phi) is 7.18. The molecule has 10 rings (SSSR count). The summed E-state index contributed by atoms with van der Waals surface area (Å²) in [6, 6.07) is 70.0. The molecule has 0 aliphatic carbocycles. The van der Waals surface area contributed by atoms with Crippen molar-refractivity contribution in [3.63, 3.8) is 0 Å². The Morgan fingerprint density at radius 2 is 0.596 bits per heavy atom. The van der Waals surface area contributed by atoms with E-state index in [1.807, 2.05) is 0 Å². The number of hydrogen-bond donors (Lipinski definition) is 0. The van der Waals surface area contributed by atoms with Crippen molar-refractivity contribution in [3.8, 4) is 33.6 Å². The number of hydrogen-bond acceptors (Lipinski definition) is 0. The molecule has 0 N–H and O–H groups in total. The van der Waals surface area contributed by atoms with Crippen molar-refractivity contribution in [3.05, 3.63) is 205 Å². The molecule has 0 amide bonds. The SMILES string of the molecule is C(=C\c1ccc(-c2cccc(-n3c4ccccc4c4ccccc43)c2)cc1)/c1ccc(-c2cccc(-n3c4ccccc4c4ccccc43)c2)cc1. The van der Waals surface area contributed by atoms with Gasteiger partial charge in [0.25, 0.3) is 0 Å². The molecule has 0 saturated carbocycles. The van der Waals surface area contributed by atoms with Crippen molar-refractivity contribution in [1.82, 2.24) is 9.13 Å². The van der Waals surface area contributed by atoms with Crippen LogP contribution in [0.4, 0.5) is 0 Å². The second-order valence-corrected chi connectivity index (χ2v) is 13.4. The van der Waals surface area contributed by atoms with Crippen LogP contribution in [-0.4, -0.2) is 9.13 Å². The van der Waals surface area contributed by atoms with E-state index < -0.39 is 0 Å². The lowest BCUT2D eigenvalue weighted by Crippen LogP contribution is -1.94. The first kappa shape index (κ1) is 30.0. The third kappa shape index (κ3) is 5.12. The number of benzene rings is 8. The topological polar surface area (TPSA) is 9.86 Å². The van der Waals surface area contributed by atoms with E-state index >= 15 is 0 Å². The largest absolute Gasteiger partial charge is 0.309 e. The molecule has 8 aromatic carbocycles. The van der Waals surface area contributed by atoms with Gasteiger partial charge >= 0.3 is 0 Å². The van der Waals surface area contributed by atoms with Crippen LogP contribution in [0.5, 0.6) is 0 Å². The smallest absolute Gasteiger partial charge is 0.0541 e. The van der Waals surface area contributed by atoms with E-state index in [0.717, 1.165) is 0 Å². The Morgan fingerprint density at radius 3 is 0.942 bits per heavy atom. The number of fused-ring (bicyclic) bond motifs is 6. The van der Waals surface area contributed by atoms with Crippen LogP contribution in [-0.2, 0) is 0 Å². The Balaban J connectivity index is 0.892. The summed E-state index contributed by atoms with van der Waals surface area (Å²) < 4.78 is 4.75. The molecule has 0 bridgehead atoms. The lowest BCUT2D eigenvalue weighted by molar-refractivity contribution is 1.18. The highest BCUT2D eigenvalue weighted by Crippen LogP contribution is 2.35. The Labute approximate surface area is 302 Å². The van der Waals surface area contributed by atoms with Gasteiger partial charge in [-0.05, 0) is 81.9 Å². The molecular weight excluding hydrogens is 629 g/mol.